The van der Waals surface area contributed by atoms with Gasteiger partial charge >= 0.3 is 5.51 Å². The van der Waals surface area contributed by atoms with Crippen molar-refractivity contribution in [3.05, 3.63) is 64.0 Å². The fourth-order valence-electron chi connectivity index (χ4n) is 1.91. The van der Waals surface area contributed by atoms with Gasteiger partial charge in [-0.3, -0.25) is 10.1 Å². The van der Waals surface area contributed by atoms with Crippen LogP contribution in [-0.2, 0) is 16.4 Å². The van der Waals surface area contributed by atoms with Crippen LogP contribution in [0.25, 0.3) is 0 Å². The minimum absolute atomic E-state index is 0.0203. The number of nitro benzene ring substituents is 1. The molecule has 0 atom stereocenters. The second-order valence-corrected chi connectivity index (χ2v) is 6.81. The Morgan fingerprint density at radius 2 is 1.68 bits per heavy atom. The van der Waals surface area contributed by atoms with Crippen LogP contribution in [0, 0.1) is 15.9 Å². The first kappa shape index (κ1) is 18.6. The molecule has 0 unspecified atom stereocenters. The number of sulfone groups is 1. The summed E-state index contributed by atoms with van der Waals surface area (Å²) in [5, 5.41) is 13.7. The number of nitrogens with zero attached hydrogens (tertiary/aromatic N) is 1. The predicted molar refractivity (Wildman–Crippen MR) is 80.1 cm³/mol. The van der Waals surface area contributed by atoms with Gasteiger partial charge in [-0.05, 0) is 29.8 Å². The van der Waals surface area contributed by atoms with Gasteiger partial charge < -0.3 is 5.32 Å². The fourth-order valence-corrected chi connectivity index (χ4v) is 2.69. The monoisotopic (exact) mass is 378 g/mol. The van der Waals surface area contributed by atoms with Gasteiger partial charge in [0.15, 0.2) is 0 Å². The largest absolute Gasteiger partial charge is 0.501 e. The molecule has 0 aliphatic heterocycles. The zero-order valence-electron chi connectivity index (χ0n) is 12.2. The lowest BCUT2D eigenvalue weighted by Gasteiger charge is -2.11. The number of hydrogen-bond acceptors (Lipinski definition) is 5. The Morgan fingerprint density at radius 1 is 1.08 bits per heavy atom. The van der Waals surface area contributed by atoms with Gasteiger partial charge in [0.25, 0.3) is 15.5 Å². The van der Waals surface area contributed by atoms with Crippen molar-refractivity contribution in [1.29, 1.82) is 0 Å². The van der Waals surface area contributed by atoms with Crippen molar-refractivity contribution < 1.29 is 30.9 Å². The van der Waals surface area contributed by atoms with Gasteiger partial charge in [0.2, 0.25) is 0 Å². The topological polar surface area (TPSA) is 89.3 Å². The number of nitro groups is 1. The third-order valence-corrected chi connectivity index (χ3v) is 4.66. The molecule has 2 aromatic rings. The van der Waals surface area contributed by atoms with E-state index in [-0.39, 0.29) is 12.2 Å². The molecule has 134 valence electrons. The highest BCUT2D eigenvalue weighted by molar-refractivity contribution is 7.92. The standard InChI is InChI=1S/C14H10F4N2O4S/c15-10-3-1-9(2-4-10)8-19-12-6-5-11(7-13(12)20(21)22)25(23,24)14(16,17)18/h1-7,19H,8H2. The number of hydrogen-bond donors (Lipinski definition) is 1. The van der Waals surface area contributed by atoms with E-state index in [4.69, 9.17) is 0 Å². The molecule has 2 rings (SSSR count). The van der Waals surface area contributed by atoms with Crippen molar-refractivity contribution >= 4 is 21.2 Å². The normalized spacial score (nSPS) is 12.0. The Labute approximate surface area is 139 Å². The summed E-state index contributed by atoms with van der Waals surface area (Å²) in [5.74, 6) is -0.476. The Morgan fingerprint density at radius 3 is 2.20 bits per heavy atom. The van der Waals surface area contributed by atoms with Crippen molar-refractivity contribution in [3.63, 3.8) is 0 Å². The molecule has 0 heterocycles. The van der Waals surface area contributed by atoms with Crippen molar-refractivity contribution in [2.24, 2.45) is 0 Å². The molecule has 11 heteroatoms. The van der Waals surface area contributed by atoms with Gasteiger partial charge in [-0.25, -0.2) is 12.8 Å². The van der Waals surface area contributed by atoms with Crippen LogP contribution in [0.1, 0.15) is 5.56 Å². The quantitative estimate of drug-likeness (QED) is 0.487. The average Bonchev–Trinajstić information content (AvgIpc) is 2.53. The first-order valence-corrected chi connectivity index (χ1v) is 8.09. The SMILES string of the molecule is O=[N+]([O-])c1cc(S(=O)(=O)C(F)(F)F)ccc1NCc1ccc(F)cc1. The summed E-state index contributed by atoms with van der Waals surface area (Å²) < 4.78 is 73.2. The van der Waals surface area contributed by atoms with Gasteiger partial charge in [-0.2, -0.15) is 13.2 Å². The highest BCUT2D eigenvalue weighted by atomic mass is 32.2. The summed E-state index contributed by atoms with van der Waals surface area (Å²) >= 11 is 0. The predicted octanol–water partition coefficient (Wildman–Crippen LogP) is 3.64. The zero-order valence-corrected chi connectivity index (χ0v) is 13.1. The number of halogens is 4. The minimum atomic E-state index is -5.69. The van der Waals surface area contributed by atoms with Gasteiger partial charge in [0.1, 0.15) is 11.5 Å². The summed E-state index contributed by atoms with van der Waals surface area (Å²) in [5.41, 5.74) is -6.00. The molecule has 0 saturated carbocycles. The van der Waals surface area contributed by atoms with Crippen molar-refractivity contribution in [2.75, 3.05) is 5.32 Å². The summed E-state index contributed by atoms with van der Waals surface area (Å²) in [4.78, 5) is 8.83. The molecule has 25 heavy (non-hydrogen) atoms. The average molecular weight is 378 g/mol. The van der Waals surface area contributed by atoms with Crippen LogP contribution in [0.2, 0.25) is 0 Å². The fraction of sp³-hybridized carbons (Fsp3) is 0.143. The summed E-state index contributed by atoms with van der Waals surface area (Å²) in [6.45, 7) is 0.0203. The Balaban J connectivity index is 2.34. The molecule has 6 nitrogen and oxygen atoms in total. The summed E-state index contributed by atoms with van der Waals surface area (Å²) in [7, 11) is -5.69. The maximum absolute atomic E-state index is 12.8. The Bertz CT molecular complexity index is 896. The second-order valence-electron chi connectivity index (χ2n) is 4.87. The molecule has 0 radical (unpaired) electrons. The van der Waals surface area contributed by atoms with E-state index in [0.717, 1.165) is 6.07 Å². The van der Waals surface area contributed by atoms with E-state index >= 15 is 0 Å². The molecule has 0 amide bonds. The van der Waals surface area contributed by atoms with Crippen LogP contribution in [0.5, 0.6) is 0 Å². The van der Waals surface area contributed by atoms with E-state index in [0.29, 0.717) is 17.7 Å². The summed E-state index contributed by atoms with van der Waals surface area (Å²) in [6.07, 6.45) is 0. The van der Waals surface area contributed by atoms with E-state index in [2.05, 4.69) is 5.32 Å². The van der Waals surface area contributed by atoms with Crippen molar-refractivity contribution in [2.45, 2.75) is 16.9 Å². The molecule has 0 fully saturated rings. The van der Waals surface area contributed by atoms with E-state index in [9.17, 15) is 36.1 Å². The molecule has 0 saturated heterocycles. The smallest absolute Gasteiger partial charge is 0.375 e. The van der Waals surface area contributed by atoms with Crippen LogP contribution in [0.4, 0.5) is 28.9 Å². The molecular weight excluding hydrogens is 368 g/mol. The van der Waals surface area contributed by atoms with E-state index in [1.807, 2.05) is 0 Å². The lowest BCUT2D eigenvalue weighted by Crippen LogP contribution is -2.23. The van der Waals surface area contributed by atoms with E-state index < -0.39 is 36.7 Å². The molecule has 0 aromatic heterocycles. The number of benzene rings is 2. The number of nitrogens with one attached hydrogen (secondary N) is 1. The van der Waals surface area contributed by atoms with Crippen LogP contribution in [-0.4, -0.2) is 18.8 Å². The Kier molecular flexibility index (Phi) is 4.97. The Hall–Kier alpha value is -2.69. The van der Waals surface area contributed by atoms with Crippen LogP contribution < -0.4 is 5.32 Å². The molecule has 0 bridgehead atoms. The third-order valence-electron chi connectivity index (χ3n) is 3.18. The summed E-state index contributed by atoms with van der Waals surface area (Å²) in [6, 6.07) is 7.01. The second kappa shape index (κ2) is 6.67. The van der Waals surface area contributed by atoms with Crippen LogP contribution >= 0.6 is 0 Å². The highest BCUT2D eigenvalue weighted by Crippen LogP contribution is 2.34. The molecule has 0 aliphatic carbocycles. The van der Waals surface area contributed by atoms with Gasteiger partial charge in [-0.15, -0.1) is 0 Å². The number of alkyl halides is 3. The molecular formula is C14H10F4N2O4S. The molecule has 0 aliphatic rings. The van der Waals surface area contributed by atoms with Crippen LogP contribution in [0.15, 0.2) is 47.4 Å². The maximum Gasteiger partial charge on any atom is 0.501 e. The maximum atomic E-state index is 12.8. The lowest BCUT2D eigenvalue weighted by atomic mass is 10.2. The molecule has 2 aromatic carbocycles. The number of rotatable bonds is 5. The van der Waals surface area contributed by atoms with Crippen molar-refractivity contribution in [3.8, 4) is 0 Å². The zero-order chi connectivity index (χ0) is 18.8. The molecule has 1 N–H and O–H groups in total. The first-order chi connectivity index (χ1) is 11.5. The number of anilines is 1. The van der Waals surface area contributed by atoms with E-state index in [1.54, 1.807) is 0 Å². The highest BCUT2D eigenvalue weighted by Gasteiger charge is 2.47. The van der Waals surface area contributed by atoms with Gasteiger partial charge in [-0.1, -0.05) is 12.1 Å². The minimum Gasteiger partial charge on any atom is -0.375 e. The van der Waals surface area contributed by atoms with Crippen molar-refractivity contribution in [1.82, 2.24) is 0 Å². The first-order valence-electron chi connectivity index (χ1n) is 6.60. The van der Waals surface area contributed by atoms with E-state index in [1.165, 1.54) is 24.3 Å². The van der Waals surface area contributed by atoms with Gasteiger partial charge in [0.05, 0.1) is 9.82 Å². The lowest BCUT2D eigenvalue weighted by molar-refractivity contribution is -0.384. The van der Waals surface area contributed by atoms with Gasteiger partial charge in [0, 0.05) is 12.6 Å². The third kappa shape index (κ3) is 4.05. The molecule has 0 spiro atoms. The van der Waals surface area contributed by atoms with Crippen LogP contribution in [0.3, 0.4) is 0 Å².